The molecular formula is C16H18BrNO2. The molecule has 0 fully saturated rings. The van der Waals surface area contributed by atoms with Crippen LogP contribution in [0.15, 0.2) is 53.0 Å². The fourth-order valence-electron chi connectivity index (χ4n) is 1.97. The lowest BCUT2D eigenvalue weighted by atomic mass is 9.97. The van der Waals surface area contributed by atoms with Crippen LogP contribution in [-0.2, 0) is 12.1 Å². The molecule has 0 aliphatic rings. The Morgan fingerprint density at radius 3 is 2.50 bits per heavy atom. The van der Waals surface area contributed by atoms with Gasteiger partial charge in [0.2, 0.25) is 0 Å². The summed E-state index contributed by atoms with van der Waals surface area (Å²) in [6.45, 7) is 2.29. The van der Waals surface area contributed by atoms with Crippen molar-refractivity contribution in [2.75, 3.05) is 6.61 Å². The van der Waals surface area contributed by atoms with Crippen LogP contribution in [0.3, 0.4) is 0 Å². The first kappa shape index (κ1) is 15.0. The van der Waals surface area contributed by atoms with Gasteiger partial charge in [0.1, 0.15) is 18.0 Å². The molecule has 0 saturated carbocycles. The fraction of sp³-hybridized carbons (Fsp3) is 0.250. The van der Waals surface area contributed by atoms with Crippen molar-refractivity contribution in [2.24, 2.45) is 5.73 Å². The van der Waals surface area contributed by atoms with Crippen molar-refractivity contribution in [1.29, 1.82) is 0 Å². The van der Waals surface area contributed by atoms with Crippen LogP contribution >= 0.6 is 15.9 Å². The highest BCUT2D eigenvalue weighted by Gasteiger charge is 2.24. The van der Waals surface area contributed by atoms with Crippen molar-refractivity contribution < 1.29 is 9.84 Å². The summed E-state index contributed by atoms with van der Waals surface area (Å²) in [5.74, 6) is 0.686. The molecule has 2 aromatic rings. The number of aliphatic hydroxyl groups is 1. The highest BCUT2D eigenvalue weighted by molar-refractivity contribution is 9.10. The van der Waals surface area contributed by atoms with Crippen molar-refractivity contribution in [3.8, 4) is 5.75 Å². The summed E-state index contributed by atoms with van der Waals surface area (Å²) in [6.07, 6.45) is 0. The smallest absolute Gasteiger partial charge is 0.138 e. The van der Waals surface area contributed by atoms with Gasteiger partial charge in [-0.3, -0.25) is 0 Å². The highest BCUT2D eigenvalue weighted by Crippen LogP contribution is 2.31. The molecule has 1 atom stereocenters. The molecule has 0 spiro atoms. The number of hydrogen-bond acceptors (Lipinski definition) is 3. The number of halogens is 1. The van der Waals surface area contributed by atoms with Crippen LogP contribution in [0.25, 0.3) is 0 Å². The minimum absolute atomic E-state index is 0.159. The van der Waals surface area contributed by atoms with E-state index in [9.17, 15) is 5.11 Å². The molecule has 0 heterocycles. The van der Waals surface area contributed by atoms with Crippen molar-refractivity contribution in [2.45, 2.75) is 19.1 Å². The van der Waals surface area contributed by atoms with Gasteiger partial charge in [-0.25, -0.2) is 0 Å². The first-order valence-electron chi connectivity index (χ1n) is 6.43. The first-order valence-corrected chi connectivity index (χ1v) is 7.22. The molecule has 0 amide bonds. The Labute approximate surface area is 127 Å². The number of para-hydroxylation sites is 1. The Hall–Kier alpha value is -1.36. The van der Waals surface area contributed by atoms with Gasteiger partial charge in [-0.15, -0.1) is 0 Å². The largest absolute Gasteiger partial charge is 0.489 e. The Bertz CT molecular complexity index is 570. The van der Waals surface area contributed by atoms with E-state index >= 15 is 0 Å². The van der Waals surface area contributed by atoms with Gasteiger partial charge in [-0.05, 0) is 34.5 Å². The lowest BCUT2D eigenvalue weighted by Crippen LogP contribution is -2.29. The second-order valence-corrected chi connectivity index (χ2v) is 5.72. The van der Waals surface area contributed by atoms with Gasteiger partial charge in [0.05, 0.1) is 4.47 Å². The number of ether oxygens (including phenoxy) is 1. The first-order chi connectivity index (χ1) is 9.54. The van der Waals surface area contributed by atoms with E-state index in [4.69, 9.17) is 10.5 Å². The summed E-state index contributed by atoms with van der Waals surface area (Å²) < 4.78 is 6.64. The molecule has 0 saturated heterocycles. The SMILES string of the molecule is CC(O)(COc1c(Br)cccc1CN)c1ccccc1. The molecule has 3 N–H and O–H groups in total. The van der Waals surface area contributed by atoms with Crippen LogP contribution in [0.1, 0.15) is 18.1 Å². The number of benzene rings is 2. The molecule has 1 unspecified atom stereocenters. The van der Waals surface area contributed by atoms with E-state index in [2.05, 4.69) is 15.9 Å². The molecule has 0 bridgehead atoms. The third-order valence-electron chi connectivity index (χ3n) is 3.16. The molecule has 4 heteroatoms. The normalized spacial score (nSPS) is 13.8. The standard InChI is InChI=1S/C16H18BrNO2/c1-16(19,13-7-3-2-4-8-13)11-20-15-12(10-18)6-5-9-14(15)17/h2-9,19H,10-11,18H2,1H3. The van der Waals surface area contributed by atoms with E-state index in [1.54, 1.807) is 6.92 Å². The van der Waals surface area contributed by atoms with E-state index < -0.39 is 5.60 Å². The van der Waals surface area contributed by atoms with Gasteiger partial charge in [0.25, 0.3) is 0 Å². The van der Waals surface area contributed by atoms with E-state index in [-0.39, 0.29) is 6.61 Å². The average Bonchev–Trinajstić information content (AvgIpc) is 2.46. The van der Waals surface area contributed by atoms with E-state index in [1.807, 2.05) is 48.5 Å². The van der Waals surface area contributed by atoms with Gasteiger partial charge in [-0.2, -0.15) is 0 Å². The zero-order valence-electron chi connectivity index (χ0n) is 11.3. The molecule has 20 heavy (non-hydrogen) atoms. The third-order valence-corrected chi connectivity index (χ3v) is 3.79. The minimum Gasteiger partial charge on any atom is -0.489 e. The summed E-state index contributed by atoms with van der Waals surface area (Å²) in [7, 11) is 0. The Morgan fingerprint density at radius 2 is 1.85 bits per heavy atom. The highest BCUT2D eigenvalue weighted by atomic mass is 79.9. The molecule has 2 rings (SSSR count). The fourth-order valence-corrected chi connectivity index (χ4v) is 2.49. The zero-order valence-corrected chi connectivity index (χ0v) is 12.9. The second kappa shape index (κ2) is 6.39. The van der Waals surface area contributed by atoms with Gasteiger partial charge >= 0.3 is 0 Å². The van der Waals surface area contributed by atoms with Crippen LogP contribution in [0.2, 0.25) is 0 Å². The van der Waals surface area contributed by atoms with Crippen molar-refractivity contribution in [1.82, 2.24) is 0 Å². The molecule has 0 aromatic heterocycles. The van der Waals surface area contributed by atoms with Crippen LogP contribution < -0.4 is 10.5 Å². The van der Waals surface area contributed by atoms with Crippen molar-refractivity contribution in [3.05, 3.63) is 64.1 Å². The maximum absolute atomic E-state index is 10.5. The predicted molar refractivity (Wildman–Crippen MR) is 83.5 cm³/mol. The zero-order chi connectivity index (χ0) is 14.6. The van der Waals surface area contributed by atoms with Gasteiger partial charge in [-0.1, -0.05) is 42.5 Å². The van der Waals surface area contributed by atoms with E-state index in [1.165, 1.54) is 0 Å². The average molecular weight is 336 g/mol. The lowest BCUT2D eigenvalue weighted by molar-refractivity contribution is 0.00706. The monoisotopic (exact) mass is 335 g/mol. The number of nitrogens with two attached hydrogens (primary N) is 1. The van der Waals surface area contributed by atoms with E-state index in [0.717, 1.165) is 15.6 Å². The Morgan fingerprint density at radius 1 is 1.15 bits per heavy atom. The molecule has 0 radical (unpaired) electrons. The quantitative estimate of drug-likeness (QED) is 0.882. The summed E-state index contributed by atoms with van der Waals surface area (Å²) in [6, 6.07) is 15.2. The minimum atomic E-state index is -1.05. The van der Waals surface area contributed by atoms with Crippen LogP contribution in [0.5, 0.6) is 5.75 Å². The summed E-state index contributed by atoms with van der Waals surface area (Å²) in [5.41, 5.74) is 6.38. The van der Waals surface area contributed by atoms with Gasteiger partial charge in [0, 0.05) is 12.1 Å². The summed E-state index contributed by atoms with van der Waals surface area (Å²) in [5, 5.41) is 10.5. The maximum atomic E-state index is 10.5. The Balaban J connectivity index is 2.17. The van der Waals surface area contributed by atoms with Crippen molar-refractivity contribution in [3.63, 3.8) is 0 Å². The number of hydrogen-bond donors (Lipinski definition) is 2. The number of rotatable bonds is 5. The van der Waals surface area contributed by atoms with Gasteiger partial charge < -0.3 is 15.6 Å². The van der Waals surface area contributed by atoms with Gasteiger partial charge in [0.15, 0.2) is 0 Å². The van der Waals surface area contributed by atoms with E-state index in [0.29, 0.717) is 12.3 Å². The predicted octanol–water partition coefficient (Wildman–Crippen LogP) is 3.19. The Kier molecular flexibility index (Phi) is 4.81. The van der Waals surface area contributed by atoms with Crippen LogP contribution in [0.4, 0.5) is 0 Å². The molecule has 2 aromatic carbocycles. The molecule has 106 valence electrons. The molecule has 0 aliphatic heterocycles. The summed E-state index contributed by atoms with van der Waals surface area (Å²) in [4.78, 5) is 0. The summed E-state index contributed by atoms with van der Waals surface area (Å²) >= 11 is 3.45. The maximum Gasteiger partial charge on any atom is 0.138 e. The third kappa shape index (κ3) is 3.39. The second-order valence-electron chi connectivity index (χ2n) is 4.86. The van der Waals surface area contributed by atoms with Crippen LogP contribution in [-0.4, -0.2) is 11.7 Å². The molecule has 0 aliphatic carbocycles. The molecular weight excluding hydrogens is 318 g/mol. The van der Waals surface area contributed by atoms with Crippen LogP contribution in [0, 0.1) is 0 Å². The van der Waals surface area contributed by atoms with Crippen molar-refractivity contribution >= 4 is 15.9 Å². The lowest BCUT2D eigenvalue weighted by Gasteiger charge is -2.25. The molecule has 3 nitrogen and oxygen atoms in total. The topological polar surface area (TPSA) is 55.5 Å².